The molecular weight excluding hydrogens is 380 g/mol. The van der Waals surface area contributed by atoms with E-state index < -0.39 is 0 Å². The van der Waals surface area contributed by atoms with Crippen LogP contribution in [-0.2, 0) is 19.5 Å². The zero-order chi connectivity index (χ0) is 18.8. The molecule has 0 unspecified atom stereocenters. The SMILES string of the molecule is Cc1ncc2c(c1CNC(=O)c1cncs1)CCN(C(=O)c1ccsc1)C2. The Bertz CT molecular complexity index is 968. The molecule has 4 rings (SSSR count). The van der Waals surface area contributed by atoms with E-state index in [9.17, 15) is 9.59 Å². The lowest BCUT2D eigenvalue weighted by Crippen LogP contribution is -2.37. The van der Waals surface area contributed by atoms with E-state index in [1.54, 1.807) is 11.7 Å². The summed E-state index contributed by atoms with van der Waals surface area (Å²) in [6.45, 7) is 3.60. The van der Waals surface area contributed by atoms with Crippen LogP contribution in [0.4, 0.5) is 0 Å². The molecule has 138 valence electrons. The Morgan fingerprint density at radius 2 is 2.22 bits per heavy atom. The largest absolute Gasteiger partial charge is 0.347 e. The van der Waals surface area contributed by atoms with Gasteiger partial charge in [0.15, 0.2) is 0 Å². The number of pyridine rings is 1. The molecule has 0 spiro atoms. The lowest BCUT2D eigenvalue weighted by atomic mass is 9.94. The van der Waals surface area contributed by atoms with Gasteiger partial charge >= 0.3 is 0 Å². The summed E-state index contributed by atoms with van der Waals surface area (Å²) in [5, 5.41) is 6.76. The highest BCUT2D eigenvalue weighted by Crippen LogP contribution is 2.25. The van der Waals surface area contributed by atoms with Crippen molar-refractivity contribution in [2.24, 2.45) is 0 Å². The van der Waals surface area contributed by atoms with Gasteiger partial charge in [-0.3, -0.25) is 19.6 Å². The number of nitrogens with zero attached hydrogens (tertiary/aromatic N) is 3. The van der Waals surface area contributed by atoms with Crippen molar-refractivity contribution < 1.29 is 9.59 Å². The molecule has 1 aliphatic rings. The van der Waals surface area contributed by atoms with E-state index in [2.05, 4.69) is 15.3 Å². The summed E-state index contributed by atoms with van der Waals surface area (Å²) in [6.07, 6.45) is 4.19. The number of thiophene rings is 1. The van der Waals surface area contributed by atoms with E-state index >= 15 is 0 Å². The fourth-order valence-electron chi connectivity index (χ4n) is 3.28. The van der Waals surface area contributed by atoms with Crippen LogP contribution in [0, 0.1) is 6.92 Å². The van der Waals surface area contributed by atoms with Gasteiger partial charge in [-0.05, 0) is 41.5 Å². The molecule has 3 aromatic heterocycles. The minimum atomic E-state index is -0.125. The molecule has 2 amide bonds. The Morgan fingerprint density at radius 3 is 2.96 bits per heavy atom. The van der Waals surface area contributed by atoms with Gasteiger partial charge in [0.05, 0.1) is 17.3 Å². The smallest absolute Gasteiger partial charge is 0.263 e. The topological polar surface area (TPSA) is 75.2 Å². The van der Waals surface area contributed by atoms with Crippen LogP contribution in [0.25, 0.3) is 0 Å². The van der Waals surface area contributed by atoms with E-state index in [-0.39, 0.29) is 11.8 Å². The number of aromatic nitrogens is 2. The van der Waals surface area contributed by atoms with Crippen LogP contribution >= 0.6 is 22.7 Å². The third-order valence-electron chi connectivity index (χ3n) is 4.73. The normalized spacial score (nSPS) is 13.3. The monoisotopic (exact) mass is 398 g/mol. The molecule has 4 heterocycles. The molecule has 27 heavy (non-hydrogen) atoms. The number of carbonyl (C=O) groups is 2. The van der Waals surface area contributed by atoms with Gasteiger partial charge in [-0.2, -0.15) is 11.3 Å². The van der Waals surface area contributed by atoms with Crippen LogP contribution in [0.15, 0.2) is 34.7 Å². The maximum absolute atomic E-state index is 12.6. The summed E-state index contributed by atoms with van der Waals surface area (Å²) >= 11 is 2.85. The van der Waals surface area contributed by atoms with Gasteiger partial charge in [0, 0.05) is 36.9 Å². The molecule has 0 atom stereocenters. The second kappa shape index (κ2) is 7.58. The van der Waals surface area contributed by atoms with Crippen molar-refractivity contribution in [2.75, 3.05) is 6.54 Å². The Morgan fingerprint density at radius 1 is 1.33 bits per heavy atom. The Kier molecular flexibility index (Phi) is 5.00. The summed E-state index contributed by atoms with van der Waals surface area (Å²) in [6, 6.07) is 1.86. The number of amides is 2. The Labute approximate surface area is 164 Å². The standard InChI is InChI=1S/C19H18N4O2S2/c1-12-16(7-22-18(24)17-8-20-11-27-17)15-2-4-23(9-14(15)6-21-12)19(25)13-3-5-26-10-13/h3,5-6,8,10-11H,2,4,7,9H2,1H3,(H,22,24). The molecule has 8 heteroatoms. The van der Waals surface area contributed by atoms with Gasteiger partial charge in [-0.25, -0.2) is 0 Å². The van der Waals surface area contributed by atoms with Crippen LogP contribution in [0.5, 0.6) is 0 Å². The van der Waals surface area contributed by atoms with Crippen LogP contribution in [0.3, 0.4) is 0 Å². The van der Waals surface area contributed by atoms with Crippen molar-refractivity contribution in [3.05, 3.63) is 67.6 Å². The molecule has 0 radical (unpaired) electrons. The van der Waals surface area contributed by atoms with Crippen molar-refractivity contribution >= 4 is 34.5 Å². The zero-order valence-electron chi connectivity index (χ0n) is 14.8. The molecule has 1 N–H and O–H groups in total. The lowest BCUT2D eigenvalue weighted by Gasteiger charge is -2.30. The summed E-state index contributed by atoms with van der Waals surface area (Å²) in [5.41, 5.74) is 6.59. The second-order valence-corrected chi connectivity index (χ2v) is 8.03. The maximum Gasteiger partial charge on any atom is 0.263 e. The highest BCUT2D eigenvalue weighted by atomic mass is 32.1. The fourth-order valence-corrected chi connectivity index (χ4v) is 4.45. The van der Waals surface area contributed by atoms with Gasteiger partial charge in [0.1, 0.15) is 4.88 Å². The first-order valence-corrected chi connectivity index (χ1v) is 10.4. The average Bonchev–Trinajstić information content (AvgIpc) is 3.39. The molecule has 0 bridgehead atoms. The van der Waals surface area contributed by atoms with Crippen LogP contribution < -0.4 is 5.32 Å². The van der Waals surface area contributed by atoms with Gasteiger partial charge in [-0.15, -0.1) is 11.3 Å². The molecule has 0 saturated carbocycles. The summed E-state index contributed by atoms with van der Waals surface area (Å²) < 4.78 is 0. The van der Waals surface area contributed by atoms with E-state index in [4.69, 9.17) is 0 Å². The van der Waals surface area contributed by atoms with Crippen molar-refractivity contribution in [2.45, 2.75) is 26.4 Å². The number of fused-ring (bicyclic) bond motifs is 1. The highest BCUT2D eigenvalue weighted by molar-refractivity contribution is 7.11. The quantitative estimate of drug-likeness (QED) is 0.733. The minimum absolute atomic E-state index is 0.0579. The van der Waals surface area contributed by atoms with Crippen LogP contribution in [0.2, 0.25) is 0 Å². The third-order valence-corrected chi connectivity index (χ3v) is 6.19. The molecule has 6 nitrogen and oxygen atoms in total. The van der Waals surface area contributed by atoms with E-state index in [0.29, 0.717) is 24.5 Å². The molecule has 0 aromatic carbocycles. The first kappa shape index (κ1) is 17.8. The predicted molar refractivity (Wildman–Crippen MR) is 105 cm³/mol. The van der Waals surface area contributed by atoms with Crippen molar-refractivity contribution in [1.82, 2.24) is 20.2 Å². The summed E-state index contributed by atoms with van der Waals surface area (Å²) in [7, 11) is 0. The number of thiazole rings is 1. The predicted octanol–water partition coefficient (Wildman–Crippen LogP) is 3.04. The van der Waals surface area contributed by atoms with Gasteiger partial charge in [0.2, 0.25) is 0 Å². The van der Waals surface area contributed by atoms with Gasteiger partial charge in [-0.1, -0.05) is 0 Å². The molecule has 0 aliphatic carbocycles. The summed E-state index contributed by atoms with van der Waals surface area (Å²) in [4.78, 5) is 35.7. The van der Waals surface area contributed by atoms with Crippen LogP contribution in [-0.4, -0.2) is 33.2 Å². The summed E-state index contributed by atoms with van der Waals surface area (Å²) in [5.74, 6) is -0.0675. The molecule has 1 aliphatic heterocycles. The molecule has 3 aromatic rings. The van der Waals surface area contributed by atoms with Crippen LogP contribution in [0.1, 0.15) is 42.4 Å². The zero-order valence-corrected chi connectivity index (χ0v) is 16.4. The number of carbonyl (C=O) groups excluding carboxylic acids is 2. The van der Waals surface area contributed by atoms with Gasteiger partial charge < -0.3 is 10.2 Å². The van der Waals surface area contributed by atoms with Crippen molar-refractivity contribution in [3.8, 4) is 0 Å². The van der Waals surface area contributed by atoms with Crippen molar-refractivity contribution in [3.63, 3.8) is 0 Å². The molecule has 0 saturated heterocycles. The fraction of sp³-hybridized carbons (Fsp3) is 0.263. The lowest BCUT2D eigenvalue weighted by molar-refractivity contribution is 0.0734. The average molecular weight is 399 g/mol. The second-order valence-electron chi connectivity index (χ2n) is 6.36. The third kappa shape index (κ3) is 3.63. The van der Waals surface area contributed by atoms with Crippen molar-refractivity contribution in [1.29, 1.82) is 0 Å². The maximum atomic E-state index is 12.6. The number of hydrogen-bond donors (Lipinski definition) is 1. The number of nitrogens with one attached hydrogen (secondary N) is 1. The Hall–Kier alpha value is -2.58. The molecular formula is C19H18N4O2S2. The number of hydrogen-bond acceptors (Lipinski definition) is 6. The minimum Gasteiger partial charge on any atom is -0.347 e. The number of aryl methyl sites for hydroxylation is 1. The van der Waals surface area contributed by atoms with E-state index in [1.807, 2.05) is 34.8 Å². The van der Waals surface area contributed by atoms with Gasteiger partial charge in [0.25, 0.3) is 11.8 Å². The molecule has 0 fully saturated rings. The highest BCUT2D eigenvalue weighted by Gasteiger charge is 2.25. The van der Waals surface area contributed by atoms with E-state index in [1.165, 1.54) is 28.2 Å². The first-order chi connectivity index (χ1) is 13.1. The Balaban J connectivity index is 1.51. The number of rotatable bonds is 4. The first-order valence-electron chi connectivity index (χ1n) is 8.58. The van der Waals surface area contributed by atoms with E-state index in [0.717, 1.165) is 28.8 Å².